The minimum Gasteiger partial charge on any atom is -0.467 e. The lowest BCUT2D eigenvalue weighted by Gasteiger charge is -2.37. The largest absolute Gasteiger partial charge is 0.467 e. The molecule has 3 heterocycles. The standard InChI is InChI=1S/C24H23N3O3/c1-24(2)11-17(28)20-18(12-24)30-23-21(19(20)15-7-4-3-5-8-15)22(25)27(14-26-23)13-16-9-6-10-29-16/h3-10,14,19,25H,11-13H2,1-2H3/t19-/m0/s1. The van der Waals surface area contributed by atoms with Crippen molar-refractivity contribution in [1.82, 2.24) is 9.55 Å². The van der Waals surface area contributed by atoms with Crippen molar-refractivity contribution in [2.24, 2.45) is 5.41 Å². The van der Waals surface area contributed by atoms with Gasteiger partial charge in [-0.25, -0.2) is 4.98 Å². The van der Waals surface area contributed by atoms with Crippen LogP contribution in [0.2, 0.25) is 0 Å². The SMILES string of the molecule is CC1(C)CC(=O)C2=C(C1)Oc1ncn(Cc3ccco3)c(=N)c1[C@H]2c1ccccc1. The summed E-state index contributed by atoms with van der Waals surface area (Å²) in [5.74, 6) is 1.56. The van der Waals surface area contributed by atoms with Crippen molar-refractivity contribution in [2.45, 2.75) is 39.2 Å². The molecule has 2 aliphatic rings. The molecule has 1 aliphatic heterocycles. The van der Waals surface area contributed by atoms with Crippen LogP contribution in [0.3, 0.4) is 0 Å². The van der Waals surface area contributed by atoms with Crippen LogP contribution in [-0.2, 0) is 11.3 Å². The first-order valence-corrected chi connectivity index (χ1v) is 10.1. The molecule has 1 N–H and O–H groups in total. The highest BCUT2D eigenvalue weighted by Crippen LogP contribution is 2.48. The third-order valence-electron chi connectivity index (χ3n) is 5.80. The number of ketones is 1. The Labute approximate surface area is 174 Å². The lowest BCUT2D eigenvalue weighted by atomic mass is 9.70. The van der Waals surface area contributed by atoms with E-state index >= 15 is 0 Å². The lowest BCUT2D eigenvalue weighted by molar-refractivity contribution is -0.118. The smallest absolute Gasteiger partial charge is 0.228 e. The highest BCUT2D eigenvalue weighted by molar-refractivity contribution is 6.00. The molecule has 30 heavy (non-hydrogen) atoms. The number of benzene rings is 1. The van der Waals surface area contributed by atoms with E-state index < -0.39 is 0 Å². The van der Waals surface area contributed by atoms with Crippen LogP contribution in [0.5, 0.6) is 5.88 Å². The van der Waals surface area contributed by atoms with Gasteiger partial charge in [-0.3, -0.25) is 10.2 Å². The maximum absolute atomic E-state index is 13.2. The van der Waals surface area contributed by atoms with Gasteiger partial charge in [0.25, 0.3) is 0 Å². The molecule has 152 valence electrons. The number of nitrogens with one attached hydrogen (secondary N) is 1. The zero-order valence-corrected chi connectivity index (χ0v) is 17.0. The number of furan rings is 1. The Morgan fingerprint density at radius 1 is 1.17 bits per heavy atom. The fraction of sp³-hybridized carbons (Fsp3) is 0.292. The second-order valence-corrected chi connectivity index (χ2v) is 8.74. The Morgan fingerprint density at radius 3 is 2.70 bits per heavy atom. The van der Waals surface area contributed by atoms with Crippen LogP contribution < -0.4 is 10.2 Å². The Morgan fingerprint density at radius 2 is 1.97 bits per heavy atom. The van der Waals surface area contributed by atoms with Crippen LogP contribution in [0.25, 0.3) is 0 Å². The summed E-state index contributed by atoms with van der Waals surface area (Å²) in [4.78, 5) is 17.8. The highest BCUT2D eigenvalue weighted by atomic mass is 16.5. The number of Topliss-reactive ketones (excluding diaryl/α,β-unsaturated/α-hetero) is 1. The average molecular weight is 401 g/mol. The van der Waals surface area contributed by atoms with Gasteiger partial charge in [0.1, 0.15) is 23.3 Å². The molecule has 1 aliphatic carbocycles. The molecule has 0 saturated carbocycles. The topological polar surface area (TPSA) is 81.1 Å². The predicted octanol–water partition coefficient (Wildman–Crippen LogP) is 4.17. The lowest BCUT2D eigenvalue weighted by Crippen LogP contribution is -2.37. The highest BCUT2D eigenvalue weighted by Gasteiger charge is 2.43. The molecule has 1 atom stereocenters. The van der Waals surface area contributed by atoms with Crippen LogP contribution in [0.4, 0.5) is 0 Å². The molecule has 0 radical (unpaired) electrons. The van der Waals surface area contributed by atoms with E-state index in [1.54, 1.807) is 17.2 Å². The van der Waals surface area contributed by atoms with Gasteiger partial charge in [0.15, 0.2) is 5.78 Å². The van der Waals surface area contributed by atoms with Gasteiger partial charge in [-0.2, -0.15) is 0 Å². The number of nitrogens with zero attached hydrogens (tertiary/aromatic N) is 2. The maximum Gasteiger partial charge on any atom is 0.228 e. The quantitative estimate of drug-likeness (QED) is 0.714. The van der Waals surface area contributed by atoms with Crippen molar-refractivity contribution < 1.29 is 13.9 Å². The molecular weight excluding hydrogens is 378 g/mol. The number of aromatic nitrogens is 2. The van der Waals surface area contributed by atoms with Gasteiger partial charge in [0.2, 0.25) is 5.88 Å². The van der Waals surface area contributed by atoms with Crippen LogP contribution in [-0.4, -0.2) is 15.3 Å². The van der Waals surface area contributed by atoms with Crippen LogP contribution in [0.15, 0.2) is 70.8 Å². The van der Waals surface area contributed by atoms with Crippen LogP contribution in [0.1, 0.15) is 49.5 Å². The van der Waals surface area contributed by atoms with Gasteiger partial charge >= 0.3 is 0 Å². The van der Waals surface area contributed by atoms with Gasteiger partial charge in [0, 0.05) is 24.3 Å². The van der Waals surface area contributed by atoms with Crippen molar-refractivity contribution in [3.8, 4) is 5.88 Å². The monoisotopic (exact) mass is 401 g/mol. The van der Waals surface area contributed by atoms with E-state index in [-0.39, 0.29) is 22.6 Å². The van der Waals surface area contributed by atoms with Crippen molar-refractivity contribution in [2.75, 3.05) is 0 Å². The molecule has 1 aromatic carbocycles. The van der Waals surface area contributed by atoms with Crippen molar-refractivity contribution >= 4 is 5.78 Å². The van der Waals surface area contributed by atoms with E-state index in [4.69, 9.17) is 14.6 Å². The first-order chi connectivity index (χ1) is 14.4. The molecule has 0 amide bonds. The average Bonchev–Trinajstić information content (AvgIpc) is 3.21. The van der Waals surface area contributed by atoms with E-state index in [0.717, 1.165) is 11.3 Å². The molecule has 0 fully saturated rings. The van der Waals surface area contributed by atoms with Crippen molar-refractivity contribution in [3.63, 3.8) is 0 Å². The summed E-state index contributed by atoms with van der Waals surface area (Å²) in [6, 6.07) is 13.6. The Hall–Kier alpha value is -3.41. The first kappa shape index (κ1) is 18.6. The van der Waals surface area contributed by atoms with Gasteiger partial charge in [0.05, 0.1) is 18.4 Å². The van der Waals surface area contributed by atoms with Gasteiger partial charge in [-0.1, -0.05) is 44.2 Å². The molecule has 5 rings (SSSR count). The number of ether oxygens (including phenoxy) is 1. The van der Waals surface area contributed by atoms with E-state index in [2.05, 4.69) is 18.8 Å². The third-order valence-corrected chi connectivity index (χ3v) is 5.80. The summed E-state index contributed by atoms with van der Waals surface area (Å²) in [7, 11) is 0. The Bertz CT molecular complexity index is 1200. The van der Waals surface area contributed by atoms with E-state index in [1.807, 2.05) is 42.5 Å². The molecule has 0 unspecified atom stereocenters. The third kappa shape index (κ3) is 3.09. The summed E-state index contributed by atoms with van der Waals surface area (Å²) >= 11 is 0. The molecule has 0 spiro atoms. The summed E-state index contributed by atoms with van der Waals surface area (Å²) in [5.41, 5.74) is 2.37. The van der Waals surface area contributed by atoms with Crippen molar-refractivity contribution in [1.29, 1.82) is 5.41 Å². The summed E-state index contributed by atoms with van der Waals surface area (Å²) in [6.45, 7) is 4.55. The van der Waals surface area contributed by atoms with Crippen LogP contribution >= 0.6 is 0 Å². The van der Waals surface area contributed by atoms with E-state index in [9.17, 15) is 4.79 Å². The number of rotatable bonds is 3. The predicted molar refractivity (Wildman–Crippen MR) is 110 cm³/mol. The second kappa shape index (κ2) is 6.83. The summed E-state index contributed by atoms with van der Waals surface area (Å²) < 4.78 is 13.3. The van der Waals surface area contributed by atoms with Gasteiger partial charge in [-0.15, -0.1) is 0 Å². The molecule has 0 saturated heterocycles. The molecule has 6 heteroatoms. The fourth-order valence-electron chi connectivity index (χ4n) is 4.47. The number of hydrogen-bond acceptors (Lipinski definition) is 5. The minimum absolute atomic E-state index is 0.0848. The Balaban J connectivity index is 1.70. The van der Waals surface area contributed by atoms with Crippen LogP contribution in [0, 0.1) is 10.8 Å². The Kier molecular flexibility index (Phi) is 4.24. The van der Waals surface area contributed by atoms with Gasteiger partial charge in [-0.05, 0) is 23.1 Å². The van der Waals surface area contributed by atoms with E-state index in [1.165, 1.54) is 0 Å². The summed E-state index contributed by atoms with van der Waals surface area (Å²) in [5, 5.41) is 8.92. The number of carbonyl (C=O) groups is 1. The second-order valence-electron chi connectivity index (χ2n) is 8.74. The zero-order chi connectivity index (χ0) is 20.9. The first-order valence-electron chi connectivity index (χ1n) is 10.1. The van der Waals surface area contributed by atoms with Gasteiger partial charge < -0.3 is 13.7 Å². The number of hydrogen-bond donors (Lipinski definition) is 1. The van der Waals surface area contributed by atoms with E-state index in [0.29, 0.717) is 42.2 Å². The molecule has 2 aromatic heterocycles. The molecule has 6 nitrogen and oxygen atoms in total. The normalized spacial score (nSPS) is 19.8. The fourth-order valence-corrected chi connectivity index (χ4v) is 4.47. The molecule has 3 aromatic rings. The molecular formula is C24H23N3O3. The zero-order valence-electron chi connectivity index (χ0n) is 17.0. The number of allylic oxidation sites excluding steroid dienone is 2. The maximum atomic E-state index is 13.2. The summed E-state index contributed by atoms with van der Waals surface area (Å²) in [6.07, 6.45) is 4.36. The van der Waals surface area contributed by atoms with Crippen molar-refractivity contribution in [3.05, 3.63) is 88.8 Å². The number of carbonyl (C=O) groups excluding carboxylic acids is 1. The molecule has 0 bridgehead atoms. The number of fused-ring (bicyclic) bond motifs is 1. The minimum atomic E-state index is -0.363.